The molecule has 0 aromatic carbocycles. The molecule has 2 aromatic rings. The Bertz CT molecular complexity index is 677. The van der Waals surface area contributed by atoms with Crippen LogP contribution in [0.4, 0.5) is 5.95 Å². The maximum absolute atomic E-state index is 12.4. The molecule has 0 aliphatic carbocycles. The molecule has 0 saturated carbocycles. The molecule has 3 heterocycles. The molecule has 112 valence electrons. The number of unbranched alkanes of at least 4 members (excludes halogenated alkanes) is 1. The first-order valence-corrected chi connectivity index (χ1v) is 7.48. The Labute approximate surface area is 123 Å². The van der Waals surface area contributed by atoms with Crippen molar-refractivity contribution < 1.29 is 4.74 Å². The van der Waals surface area contributed by atoms with Gasteiger partial charge in [-0.1, -0.05) is 13.3 Å². The van der Waals surface area contributed by atoms with Crippen molar-refractivity contribution in [2.24, 2.45) is 0 Å². The van der Waals surface area contributed by atoms with Gasteiger partial charge in [0.25, 0.3) is 5.56 Å². The zero-order valence-electron chi connectivity index (χ0n) is 12.3. The van der Waals surface area contributed by atoms with E-state index in [0.29, 0.717) is 30.1 Å². The summed E-state index contributed by atoms with van der Waals surface area (Å²) in [6, 6.07) is 1.90. The van der Waals surface area contributed by atoms with Crippen molar-refractivity contribution in [1.29, 1.82) is 0 Å². The number of fused-ring (bicyclic) bond motifs is 1. The van der Waals surface area contributed by atoms with E-state index >= 15 is 0 Å². The molecule has 2 aromatic heterocycles. The third kappa shape index (κ3) is 2.90. The van der Waals surface area contributed by atoms with Crippen molar-refractivity contribution in [3.05, 3.63) is 28.8 Å². The number of hydrogen-bond donors (Lipinski definition) is 0. The summed E-state index contributed by atoms with van der Waals surface area (Å²) < 4.78 is 7.07. The molecule has 0 unspecified atom stereocenters. The van der Waals surface area contributed by atoms with Gasteiger partial charge >= 0.3 is 0 Å². The van der Waals surface area contributed by atoms with Crippen LogP contribution < -0.4 is 10.5 Å². The maximum atomic E-state index is 12.4. The van der Waals surface area contributed by atoms with E-state index in [1.165, 1.54) is 0 Å². The largest absolute Gasteiger partial charge is 0.378 e. The fraction of sp³-hybridized carbons (Fsp3) is 0.533. The van der Waals surface area contributed by atoms with Crippen LogP contribution in [0.25, 0.3) is 10.9 Å². The van der Waals surface area contributed by atoms with E-state index in [0.717, 1.165) is 32.5 Å². The molecule has 0 amide bonds. The molecule has 1 aliphatic heterocycles. The quantitative estimate of drug-likeness (QED) is 0.851. The molecule has 6 nitrogen and oxygen atoms in total. The SMILES string of the molecule is CCCCn1ccc2nc(N3CCOCC3)ncc2c1=O. The normalized spacial score (nSPS) is 15.6. The molecule has 1 aliphatic rings. The van der Waals surface area contributed by atoms with Crippen LogP contribution in [0.5, 0.6) is 0 Å². The Morgan fingerprint density at radius 1 is 1.33 bits per heavy atom. The zero-order chi connectivity index (χ0) is 14.7. The van der Waals surface area contributed by atoms with Crippen LogP contribution in [0.3, 0.4) is 0 Å². The number of aromatic nitrogens is 3. The highest BCUT2D eigenvalue weighted by Crippen LogP contribution is 2.13. The number of morpholine rings is 1. The second-order valence-electron chi connectivity index (χ2n) is 5.24. The lowest BCUT2D eigenvalue weighted by molar-refractivity contribution is 0.122. The van der Waals surface area contributed by atoms with Gasteiger partial charge in [0.15, 0.2) is 0 Å². The lowest BCUT2D eigenvalue weighted by atomic mass is 10.3. The van der Waals surface area contributed by atoms with Gasteiger partial charge in [-0.15, -0.1) is 0 Å². The highest BCUT2D eigenvalue weighted by molar-refractivity contribution is 5.77. The minimum absolute atomic E-state index is 0.00511. The molecule has 21 heavy (non-hydrogen) atoms. The summed E-state index contributed by atoms with van der Waals surface area (Å²) in [7, 11) is 0. The number of pyridine rings is 1. The van der Waals surface area contributed by atoms with E-state index in [1.54, 1.807) is 10.8 Å². The van der Waals surface area contributed by atoms with Gasteiger partial charge in [-0.2, -0.15) is 0 Å². The van der Waals surface area contributed by atoms with Crippen LogP contribution in [0.15, 0.2) is 23.3 Å². The van der Waals surface area contributed by atoms with Gasteiger partial charge in [0.1, 0.15) is 0 Å². The summed E-state index contributed by atoms with van der Waals surface area (Å²) in [5.74, 6) is 0.677. The van der Waals surface area contributed by atoms with Crippen molar-refractivity contribution in [3.8, 4) is 0 Å². The Kier molecular flexibility index (Phi) is 4.15. The fourth-order valence-corrected chi connectivity index (χ4v) is 2.48. The first kappa shape index (κ1) is 14.0. The Balaban J connectivity index is 1.93. The van der Waals surface area contributed by atoms with Crippen LogP contribution in [0.1, 0.15) is 19.8 Å². The van der Waals surface area contributed by atoms with Crippen LogP contribution in [-0.2, 0) is 11.3 Å². The van der Waals surface area contributed by atoms with Gasteiger partial charge in [-0.3, -0.25) is 4.79 Å². The second kappa shape index (κ2) is 6.22. The standard InChI is InChI=1S/C15H20N4O2/c1-2-3-5-18-6-4-13-12(14(18)20)11-16-15(17-13)19-7-9-21-10-8-19/h4,6,11H,2-3,5,7-10H2,1H3. The molecule has 3 rings (SSSR count). The molecule has 0 N–H and O–H groups in total. The van der Waals surface area contributed by atoms with E-state index < -0.39 is 0 Å². The highest BCUT2D eigenvalue weighted by Gasteiger charge is 2.15. The maximum Gasteiger partial charge on any atom is 0.261 e. The third-order valence-electron chi connectivity index (χ3n) is 3.76. The van der Waals surface area contributed by atoms with Crippen LogP contribution in [0, 0.1) is 0 Å². The number of rotatable bonds is 4. The molecule has 0 atom stereocenters. The van der Waals surface area contributed by atoms with E-state index in [4.69, 9.17) is 4.74 Å². The predicted octanol–water partition coefficient (Wildman–Crippen LogP) is 1.43. The lowest BCUT2D eigenvalue weighted by Gasteiger charge is -2.26. The minimum Gasteiger partial charge on any atom is -0.378 e. The minimum atomic E-state index is -0.00511. The Morgan fingerprint density at radius 2 is 2.14 bits per heavy atom. The van der Waals surface area contributed by atoms with E-state index in [-0.39, 0.29) is 5.56 Å². The highest BCUT2D eigenvalue weighted by atomic mass is 16.5. The van der Waals surface area contributed by atoms with Gasteiger partial charge in [-0.05, 0) is 12.5 Å². The number of nitrogens with zero attached hydrogens (tertiary/aromatic N) is 4. The lowest BCUT2D eigenvalue weighted by Crippen LogP contribution is -2.37. The van der Waals surface area contributed by atoms with Gasteiger partial charge < -0.3 is 14.2 Å². The van der Waals surface area contributed by atoms with Gasteiger partial charge in [0.2, 0.25) is 5.95 Å². The van der Waals surface area contributed by atoms with E-state index in [1.807, 2.05) is 12.3 Å². The molecule has 0 spiro atoms. The summed E-state index contributed by atoms with van der Waals surface area (Å²) in [5.41, 5.74) is 0.707. The van der Waals surface area contributed by atoms with E-state index in [9.17, 15) is 4.79 Å². The topological polar surface area (TPSA) is 60.3 Å². The van der Waals surface area contributed by atoms with Gasteiger partial charge in [-0.25, -0.2) is 9.97 Å². The van der Waals surface area contributed by atoms with Crippen molar-refractivity contribution in [1.82, 2.24) is 14.5 Å². The van der Waals surface area contributed by atoms with Crippen molar-refractivity contribution >= 4 is 16.9 Å². The molecular weight excluding hydrogens is 268 g/mol. The molecule has 1 fully saturated rings. The molecule has 0 bridgehead atoms. The first-order valence-electron chi connectivity index (χ1n) is 7.48. The number of anilines is 1. The summed E-state index contributed by atoms with van der Waals surface area (Å²) >= 11 is 0. The predicted molar refractivity (Wildman–Crippen MR) is 81.7 cm³/mol. The summed E-state index contributed by atoms with van der Waals surface area (Å²) in [5, 5.41) is 0.589. The van der Waals surface area contributed by atoms with Crippen molar-refractivity contribution in [3.63, 3.8) is 0 Å². The number of ether oxygens (including phenoxy) is 1. The Hall–Kier alpha value is -1.95. The van der Waals surface area contributed by atoms with Crippen LogP contribution >= 0.6 is 0 Å². The average Bonchev–Trinajstić information content (AvgIpc) is 2.55. The van der Waals surface area contributed by atoms with Crippen LogP contribution in [-0.4, -0.2) is 40.8 Å². The van der Waals surface area contributed by atoms with Crippen molar-refractivity contribution in [2.75, 3.05) is 31.2 Å². The van der Waals surface area contributed by atoms with Gasteiger partial charge in [0, 0.05) is 32.0 Å². The smallest absolute Gasteiger partial charge is 0.261 e. The zero-order valence-corrected chi connectivity index (χ0v) is 12.3. The van der Waals surface area contributed by atoms with E-state index in [2.05, 4.69) is 21.8 Å². The number of aryl methyl sites for hydroxylation is 1. The number of hydrogen-bond acceptors (Lipinski definition) is 5. The van der Waals surface area contributed by atoms with Crippen LogP contribution in [0.2, 0.25) is 0 Å². The fourth-order valence-electron chi connectivity index (χ4n) is 2.48. The monoisotopic (exact) mass is 288 g/mol. The van der Waals surface area contributed by atoms with Gasteiger partial charge in [0.05, 0.1) is 24.1 Å². The summed E-state index contributed by atoms with van der Waals surface area (Å²) in [6.45, 7) is 5.83. The third-order valence-corrected chi connectivity index (χ3v) is 3.76. The summed E-state index contributed by atoms with van der Waals surface area (Å²) in [4.78, 5) is 23.3. The second-order valence-corrected chi connectivity index (χ2v) is 5.24. The molecular formula is C15H20N4O2. The first-order chi connectivity index (χ1) is 10.3. The average molecular weight is 288 g/mol. The molecule has 6 heteroatoms. The Morgan fingerprint density at radius 3 is 2.90 bits per heavy atom. The molecule has 0 radical (unpaired) electrons. The van der Waals surface area contributed by atoms with Crippen molar-refractivity contribution in [2.45, 2.75) is 26.3 Å². The summed E-state index contributed by atoms with van der Waals surface area (Å²) in [6.07, 6.45) is 5.55. The molecule has 1 saturated heterocycles.